The molecule has 8 aliphatic rings. The Morgan fingerprint density at radius 1 is 0.685 bits per heavy atom. The number of benzene rings is 5. The van der Waals surface area contributed by atoms with E-state index in [4.69, 9.17) is 9.47 Å². The lowest BCUT2D eigenvalue weighted by Crippen LogP contribution is -2.38. The first-order chi connectivity index (χ1) is 36.1. The van der Waals surface area contributed by atoms with Crippen molar-refractivity contribution in [3.8, 4) is 11.1 Å². The van der Waals surface area contributed by atoms with Gasteiger partial charge in [-0.2, -0.15) is 0 Å². The molecule has 5 aromatic rings. The van der Waals surface area contributed by atoms with E-state index in [-0.39, 0.29) is 29.2 Å². The van der Waals surface area contributed by atoms with Crippen molar-refractivity contribution in [2.45, 2.75) is 93.4 Å². The molecule has 73 heavy (non-hydrogen) atoms. The van der Waals surface area contributed by atoms with Gasteiger partial charge in [-0.1, -0.05) is 165 Å². The Balaban J connectivity index is 1.07. The van der Waals surface area contributed by atoms with Gasteiger partial charge in [-0.05, 0) is 168 Å². The van der Waals surface area contributed by atoms with Gasteiger partial charge in [-0.15, -0.1) is 0 Å². The number of ether oxygens (including phenoxy) is 2. The molecule has 5 atom stereocenters. The van der Waals surface area contributed by atoms with Crippen molar-refractivity contribution in [2.24, 2.45) is 11.8 Å². The van der Waals surface area contributed by atoms with Crippen LogP contribution in [0, 0.1) is 11.8 Å². The van der Waals surface area contributed by atoms with E-state index in [0.717, 1.165) is 98.4 Å². The monoisotopic (exact) mass is 970 g/mol. The summed E-state index contributed by atoms with van der Waals surface area (Å²) < 4.78 is 14.1. The molecule has 5 aromatic carbocycles. The fraction of sp³-hybridized carbons (Fsp3) is 0.235. The Morgan fingerprint density at radius 2 is 1.49 bits per heavy atom. The summed E-state index contributed by atoms with van der Waals surface area (Å²) in [5, 5.41) is -0.0757. The van der Waals surface area contributed by atoms with Crippen LogP contribution in [-0.2, 0) is 22.3 Å². The van der Waals surface area contributed by atoms with Crippen LogP contribution in [0.15, 0.2) is 234 Å². The Morgan fingerprint density at radius 3 is 2.40 bits per heavy atom. The summed E-state index contributed by atoms with van der Waals surface area (Å²) in [4.78, 5) is 6.59. The third-order valence-electron chi connectivity index (χ3n) is 16.3. The predicted molar refractivity (Wildman–Crippen MR) is 304 cm³/mol. The second kappa shape index (κ2) is 19.7. The van der Waals surface area contributed by atoms with Crippen LogP contribution >= 0.6 is 11.8 Å². The summed E-state index contributed by atoms with van der Waals surface area (Å²) in [5.74, 6) is 2.61. The summed E-state index contributed by atoms with van der Waals surface area (Å²) in [7, 11) is 0. The largest absolute Gasteiger partial charge is 0.491 e. The third kappa shape index (κ3) is 8.46. The van der Waals surface area contributed by atoms with Gasteiger partial charge < -0.3 is 19.3 Å². The smallest absolute Gasteiger partial charge is 0.144 e. The summed E-state index contributed by atoms with van der Waals surface area (Å²) in [6.45, 7) is 7.13. The average molecular weight is 971 g/mol. The zero-order valence-electron chi connectivity index (χ0n) is 41.8. The fourth-order valence-corrected chi connectivity index (χ4v) is 14.4. The lowest BCUT2D eigenvalue weighted by molar-refractivity contribution is 0.121. The topological polar surface area (TPSA) is 24.9 Å². The van der Waals surface area contributed by atoms with E-state index >= 15 is 0 Å². The molecule has 0 saturated carbocycles. The lowest BCUT2D eigenvalue weighted by atomic mass is 9.80. The maximum absolute atomic E-state index is 7.13. The van der Waals surface area contributed by atoms with Crippen molar-refractivity contribution >= 4 is 40.5 Å². The van der Waals surface area contributed by atoms with E-state index in [1.807, 2.05) is 12.3 Å². The molecule has 0 aromatic heterocycles. The SMILES string of the molecule is C=C1C=CC=CO[C@H]2C(N(c3cccc(-c4ccccc4)c3)c3cc4c(c5c3SC(N(C3=C6OC7=C(CCC=C7)C6CC=C3)c3cccc(C6=CCCC=C6)c3)Cc3ccccc3C5C)CCC=C4)=CCCC12. The molecule has 0 N–H and O–H groups in total. The first-order valence-electron chi connectivity index (χ1n) is 26.7. The Labute approximate surface area is 436 Å². The molecule has 0 spiro atoms. The first kappa shape index (κ1) is 45.6. The number of thioether (sulfide) groups is 1. The van der Waals surface area contributed by atoms with Gasteiger partial charge in [0.2, 0.25) is 0 Å². The molecule has 0 radical (unpaired) electrons. The number of allylic oxidation sites excluding steroid dienone is 14. The van der Waals surface area contributed by atoms with E-state index < -0.39 is 0 Å². The highest BCUT2D eigenvalue weighted by Crippen LogP contribution is 2.55. The van der Waals surface area contributed by atoms with Gasteiger partial charge in [0.05, 0.1) is 28.7 Å². The molecule has 5 heteroatoms. The predicted octanol–water partition coefficient (Wildman–Crippen LogP) is 17.6. The van der Waals surface area contributed by atoms with Gasteiger partial charge in [-0.25, -0.2) is 0 Å². The van der Waals surface area contributed by atoms with Gasteiger partial charge in [0.25, 0.3) is 0 Å². The molecule has 3 aliphatic heterocycles. The molecule has 0 fully saturated rings. The van der Waals surface area contributed by atoms with Gasteiger partial charge in [0.15, 0.2) is 0 Å². The van der Waals surface area contributed by atoms with Crippen LogP contribution in [0.25, 0.3) is 22.8 Å². The zero-order chi connectivity index (χ0) is 48.8. The molecular weight excluding hydrogens is 909 g/mol. The van der Waals surface area contributed by atoms with Gasteiger partial charge in [0, 0.05) is 40.4 Å². The van der Waals surface area contributed by atoms with Gasteiger partial charge in [-0.3, -0.25) is 0 Å². The summed E-state index contributed by atoms with van der Waals surface area (Å²) in [5.41, 5.74) is 20.2. The van der Waals surface area contributed by atoms with Gasteiger partial charge >= 0.3 is 0 Å². The normalized spacial score (nSPS) is 23.5. The lowest BCUT2D eigenvalue weighted by Gasteiger charge is -2.43. The highest BCUT2D eigenvalue weighted by Gasteiger charge is 2.42. The highest BCUT2D eigenvalue weighted by molar-refractivity contribution is 8.00. The summed E-state index contributed by atoms with van der Waals surface area (Å²) in [6, 6.07) is 41.2. The molecule has 5 aliphatic carbocycles. The second-order valence-corrected chi connectivity index (χ2v) is 21.8. The molecule has 0 bridgehead atoms. The quantitative estimate of drug-likeness (QED) is 0.154. The van der Waals surface area contributed by atoms with Crippen LogP contribution in [0.4, 0.5) is 17.1 Å². The molecule has 13 rings (SSSR count). The Kier molecular flexibility index (Phi) is 12.3. The van der Waals surface area contributed by atoms with E-state index in [2.05, 4.69) is 217 Å². The number of rotatable bonds is 8. The van der Waals surface area contributed by atoms with Crippen molar-refractivity contribution in [3.63, 3.8) is 0 Å². The number of hydrogen-bond acceptors (Lipinski definition) is 5. The van der Waals surface area contributed by atoms with E-state index in [1.54, 1.807) is 0 Å². The average Bonchev–Trinajstić information content (AvgIpc) is 3.82. The van der Waals surface area contributed by atoms with Crippen LogP contribution in [0.3, 0.4) is 0 Å². The molecule has 0 amide bonds. The molecule has 3 heterocycles. The van der Waals surface area contributed by atoms with Crippen molar-refractivity contribution in [1.82, 2.24) is 0 Å². The van der Waals surface area contributed by atoms with Gasteiger partial charge in [0.1, 0.15) is 17.6 Å². The van der Waals surface area contributed by atoms with Crippen LogP contribution in [0.1, 0.15) is 97.6 Å². The van der Waals surface area contributed by atoms with Crippen LogP contribution < -0.4 is 9.80 Å². The molecule has 4 unspecified atom stereocenters. The molecule has 4 nitrogen and oxygen atoms in total. The van der Waals surface area contributed by atoms with Crippen LogP contribution in [0.5, 0.6) is 0 Å². The number of nitrogens with zero attached hydrogens (tertiary/aromatic N) is 2. The Bertz CT molecular complexity index is 3350. The minimum absolute atomic E-state index is 0.0757. The van der Waals surface area contributed by atoms with Crippen LogP contribution in [0.2, 0.25) is 0 Å². The van der Waals surface area contributed by atoms with E-state index in [0.29, 0.717) is 0 Å². The zero-order valence-corrected chi connectivity index (χ0v) is 42.6. The minimum Gasteiger partial charge on any atom is -0.491 e. The number of fused-ring (bicyclic) bond motifs is 7. The fourth-order valence-electron chi connectivity index (χ4n) is 12.8. The van der Waals surface area contributed by atoms with Crippen molar-refractivity contribution in [2.75, 3.05) is 9.80 Å². The minimum atomic E-state index is -0.247. The molecule has 0 saturated heterocycles. The summed E-state index contributed by atoms with van der Waals surface area (Å²) >= 11 is 2.05. The van der Waals surface area contributed by atoms with E-state index in [1.165, 1.54) is 71.9 Å². The standard InChI is InChI=1S/C68H62N2O2S/c1-45-21-15-16-40-71-66-55(45)35-19-37-60(66)69(53-30-17-28-49(41-53)47-22-5-3-6-23-47)62-43-51-26-10-12-33-57(51)65-46(2)56-32-11-9-27-52(56)44-64(73-68(62)65)70(54-31-18-29-50(42-54)48-24-7-4-8-25-48)61-38-20-36-59-58-34-13-14-39-63(58)72-67(59)61/h3,5-7,9-11,14-18,20-32,37-43,46,55,59,64,66H,1,4,8,12-13,19,33-36,44H2,2H3/t46?,55?,59?,64?,66-/m1/s1. The Hall–Kier alpha value is -7.21. The maximum Gasteiger partial charge on any atom is 0.144 e. The summed E-state index contributed by atoms with van der Waals surface area (Å²) in [6.07, 6.45) is 41.4. The molecular formula is C68H62N2O2S. The number of hydrogen-bond donors (Lipinski definition) is 0. The third-order valence-corrected chi connectivity index (χ3v) is 17.6. The number of anilines is 3. The maximum atomic E-state index is 7.13. The van der Waals surface area contributed by atoms with Crippen molar-refractivity contribution < 1.29 is 9.47 Å². The van der Waals surface area contributed by atoms with Crippen molar-refractivity contribution in [1.29, 1.82) is 0 Å². The second-order valence-electron chi connectivity index (χ2n) is 20.7. The highest BCUT2D eigenvalue weighted by atomic mass is 32.2. The molecule has 362 valence electrons. The first-order valence-corrected chi connectivity index (χ1v) is 27.6. The van der Waals surface area contributed by atoms with Crippen molar-refractivity contribution in [3.05, 3.63) is 262 Å². The van der Waals surface area contributed by atoms with Crippen LogP contribution in [-0.4, -0.2) is 11.5 Å². The van der Waals surface area contributed by atoms with E-state index in [9.17, 15) is 0 Å².